The molecule has 2 heterocycles. The highest BCUT2D eigenvalue weighted by Gasteiger charge is 2.16. The molecule has 0 saturated heterocycles. The Labute approximate surface area is 126 Å². The summed E-state index contributed by atoms with van der Waals surface area (Å²) in [5, 5.41) is 6.19. The molecule has 1 unspecified atom stereocenters. The van der Waals surface area contributed by atoms with Gasteiger partial charge in [-0.1, -0.05) is 11.6 Å². The first-order valence-corrected chi connectivity index (χ1v) is 7.33. The Kier molecular flexibility index (Phi) is 5.05. The van der Waals surface area contributed by atoms with E-state index in [1.165, 1.54) is 6.20 Å². The molecule has 0 radical (unpaired) electrons. The molecule has 1 atom stereocenters. The van der Waals surface area contributed by atoms with Crippen LogP contribution in [0.25, 0.3) is 0 Å². The van der Waals surface area contributed by atoms with E-state index in [9.17, 15) is 4.79 Å². The van der Waals surface area contributed by atoms with Crippen LogP contribution in [0.2, 0.25) is 5.02 Å². The maximum absolute atomic E-state index is 11.9. The molecule has 0 saturated carbocycles. The summed E-state index contributed by atoms with van der Waals surface area (Å²) < 4.78 is 0. The lowest BCUT2D eigenvalue weighted by molar-refractivity contribution is -0.117. The van der Waals surface area contributed by atoms with Crippen molar-refractivity contribution >= 4 is 34.7 Å². The molecule has 1 amide bonds. The van der Waals surface area contributed by atoms with Crippen LogP contribution in [0.4, 0.5) is 5.82 Å². The lowest BCUT2D eigenvalue weighted by Gasteiger charge is -2.22. The minimum atomic E-state index is -0.120. The van der Waals surface area contributed by atoms with Crippen LogP contribution >= 0.6 is 22.9 Å². The fourth-order valence-corrected chi connectivity index (χ4v) is 2.50. The van der Waals surface area contributed by atoms with Gasteiger partial charge in [0.15, 0.2) is 0 Å². The molecular formula is C13H15ClN4OS. The molecule has 2 rings (SSSR count). The number of hydrogen-bond donors (Lipinski definition) is 1. The molecule has 0 aliphatic heterocycles. The van der Waals surface area contributed by atoms with E-state index in [-0.39, 0.29) is 18.5 Å². The van der Waals surface area contributed by atoms with Crippen molar-refractivity contribution in [3.05, 3.63) is 39.9 Å². The molecular weight excluding hydrogens is 296 g/mol. The van der Waals surface area contributed by atoms with Crippen LogP contribution in [0, 0.1) is 0 Å². The Bertz CT molecular complexity index is 558. The minimum Gasteiger partial charge on any atom is -0.310 e. The number of anilines is 1. The van der Waals surface area contributed by atoms with E-state index in [0.29, 0.717) is 10.8 Å². The zero-order chi connectivity index (χ0) is 14.5. The van der Waals surface area contributed by atoms with Crippen molar-refractivity contribution in [2.75, 3.05) is 18.9 Å². The Balaban J connectivity index is 1.89. The molecule has 0 bridgehead atoms. The van der Waals surface area contributed by atoms with Crippen molar-refractivity contribution in [3.63, 3.8) is 0 Å². The highest BCUT2D eigenvalue weighted by molar-refractivity contribution is 7.09. The molecule has 5 nitrogen and oxygen atoms in total. The van der Waals surface area contributed by atoms with Crippen LogP contribution in [-0.2, 0) is 4.79 Å². The van der Waals surface area contributed by atoms with E-state index in [0.717, 1.165) is 5.01 Å². The number of amides is 1. The van der Waals surface area contributed by atoms with Crippen molar-refractivity contribution < 1.29 is 4.79 Å². The monoisotopic (exact) mass is 310 g/mol. The molecule has 1 N–H and O–H groups in total. The van der Waals surface area contributed by atoms with Gasteiger partial charge in [-0.15, -0.1) is 11.3 Å². The highest BCUT2D eigenvalue weighted by atomic mass is 35.5. The molecule has 7 heteroatoms. The molecule has 106 valence electrons. The highest BCUT2D eigenvalue weighted by Crippen LogP contribution is 2.20. The third-order valence-corrected chi connectivity index (χ3v) is 4.03. The third kappa shape index (κ3) is 4.00. The molecule has 0 spiro atoms. The first-order valence-electron chi connectivity index (χ1n) is 6.07. The van der Waals surface area contributed by atoms with E-state index in [2.05, 4.69) is 15.3 Å². The van der Waals surface area contributed by atoms with Crippen LogP contribution in [0.5, 0.6) is 0 Å². The molecule has 0 aliphatic rings. The number of carbonyl (C=O) groups excluding carboxylic acids is 1. The van der Waals surface area contributed by atoms with Crippen molar-refractivity contribution in [2.45, 2.75) is 13.0 Å². The summed E-state index contributed by atoms with van der Waals surface area (Å²) in [6, 6.07) is 3.45. The first-order chi connectivity index (χ1) is 9.56. The second-order valence-corrected chi connectivity index (χ2v) is 5.73. The number of hydrogen-bond acceptors (Lipinski definition) is 5. The normalized spacial score (nSPS) is 12.4. The summed E-state index contributed by atoms with van der Waals surface area (Å²) in [6.07, 6.45) is 3.26. The quantitative estimate of drug-likeness (QED) is 0.922. The number of thiazole rings is 1. The topological polar surface area (TPSA) is 58.1 Å². The number of likely N-dealkylation sites (N-methyl/N-ethyl adjacent to an activating group) is 1. The van der Waals surface area contributed by atoms with E-state index in [1.807, 2.05) is 24.3 Å². The van der Waals surface area contributed by atoms with Crippen LogP contribution in [0.3, 0.4) is 0 Å². The van der Waals surface area contributed by atoms with Crippen molar-refractivity contribution in [1.82, 2.24) is 14.9 Å². The Morgan fingerprint density at radius 3 is 2.90 bits per heavy atom. The molecule has 2 aromatic rings. The molecule has 20 heavy (non-hydrogen) atoms. The van der Waals surface area contributed by atoms with Gasteiger partial charge >= 0.3 is 0 Å². The van der Waals surface area contributed by atoms with Crippen LogP contribution in [-0.4, -0.2) is 34.4 Å². The average Bonchev–Trinajstić information content (AvgIpc) is 2.94. The lowest BCUT2D eigenvalue weighted by Crippen LogP contribution is -2.32. The zero-order valence-electron chi connectivity index (χ0n) is 11.2. The van der Waals surface area contributed by atoms with Gasteiger partial charge in [-0.05, 0) is 26.1 Å². The Hall–Kier alpha value is -1.50. The predicted molar refractivity (Wildman–Crippen MR) is 81.0 cm³/mol. The molecule has 0 aromatic carbocycles. The largest absolute Gasteiger partial charge is 0.310 e. The number of carbonyl (C=O) groups is 1. The number of nitrogens with one attached hydrogen (secondary N) is 1. The number of rotatable bonds is 5. The maximum atomic E-state index is 11.9. The first kappa shape index (κ1) is 14.9. The lowest BCUT2D eigenvalue weighted by atomic mass is 10.3. The van der Waals surface area contributed by atoms with Gasteiger partial charge in [-0.2, -0.15) is 0 Å². The summed E-state index contributed by atoms with van der Waals surface area (Å²) in [5.74, 6) is 0.375. The van der Waals surface area contributed by atoms with Gasteiger partial charge in [-0.25, -0.2) is 9.97 Å². The minimum absolute atomic E-state index is 0.0962. The number of pyridine rings is 1. The fourth-order valence-electron chi connectivity index (χ4n) is 1.62. The van der Waals surface area contributed by atoms with Crippen LogP contribution in [0.15, 0.2) is 29.9 Å². The van der Waals surface area contributed by atoms with Gasteiger partial charge in [0.25, 0.3) is 0 Å². The molecule has 0 aliphatic carbocycles. The van der Waals surface area contributed by atoms with Gasteiger partial charge < -0.3 is 5.32 Å². The second-order valence-electron chi connectivity index (χ2n) is 4.37. The Morgan fingerprint density at radius 2 is 2.30 bits per heavy atom. The van der Waals surface area contributed by atoms with Gasteiger partial charge in [0.1, 0.15) is 10.8 Å². The summed E-state index contributed by atoms with van der Waals surface area (Å²) in [5.41, 5.74) is 0. The summed E-state index contributed by atoms with van der Waals surface area (Å²) in [4.78, 5) is 22.2. The number of nitrogens with zero attached hydrogens (tertiary/aromatic N) is 3. The molecule has 2 aromatic heterocycles. The average molecular weight is 311 g/mol. The smallest absolute Gasteiger partial charge is 0.239 e. The van der Waals surface area contributed by atoms with E-state index >= 15 is 0 Å². The summed E-state index contributed by atoms with van der Waals surface area (Å²) in [6.45, 7) is 2.29. The van der Waals surface area contributed by atoms with Crippen molar-refractivity contribution in [3.8, 4) is 0 Å². The number of aromatic nitrogens is 2. The third-order valence-electron chi connectivity index (χ3n) is 2.86. The van der Waals surface area contributed by atoms with E-state index in [1.54, 1.807) is 29.7 Å². The van der Waals surface area contributed by atoms with Crippen LogP contribution < -0.4 is 5.32 Å². The van der Waals surface area contributed by atoms with Gasteiger partial charge in [0.2, 0.25) is 5.91 Å². The zero-order valence-corrected chi connectivity index (χ0v) is 12.8. The van der Waals surface area contributed by atoms with Crippen molar-refractivity contribution in [2.24, 2.45) is 0 Å². The fraction of sp³-hybridized carbons (Fsp3) is 0.308. The SMILES string of the molecule is CC(c1nccs1)N(C)CC(=O)Nc1ccc(Cl)cn1. The maximum Gasteiger partial charge on any atom is 0.239 e. The van der Waals surface area contributed by atoms with Gasteiger partial charge in [-0.3, -0.25) is 9.69 Å². The summed E-state index contributed by atoms with van der Waals surface area (Å²) in [7, 11) is 1.89. The Morgan fingerprint density at radius 1 is 1.50 bits per heavy atom. The van der Waals surface area contributed by atoms with Gasteiger partial charge in [0, 0.05) is 17.8 Å². The predicted octanol–water partition coefficient (Wildman–Crippen LogP) is 2.82. The standard InChI is InChI=1S/C13H15ClN4OS/c1-9(13-15-5-6-20-13)18(2)8-12(19)17-11-4-3-10(14)7-16-11/h3-7,9H,8H2,1-2H3,(H,16,17,19). The molecule has 0 fully saturated rings. The van der Waals surface area contributed by atoms with Gasteiger partial charge in [0.05, 0.1) is 17.6 Å². The van der Waals surface area contributed by atoms with Crippen LogP contribution in [0.1, 0.15) is 18.0 Å². The summed E-state index contributed by atoms with van der Waals surface area (Å²) >= 11 is 7.32. The van der Waals surface area contributed by atoms with Crippen molar-refractivity contribution in [1.29, 1.82) is 0 Å². The van der Waals surface area contributed by atoms with E-state index < -0.39 is 0 Å². The number of halogens is 1. The second kappa shape index (κ2) is 6.78. The van der Waals surface area contributed by atoms with E-state index in [4.69, 9.17) is 11.6 Å².